The van der Waals surface area contributed by atoms with Crippen molar-refractivity contribution < 1.29 is 19.1 Å². The van der Waals surface area contributed by atoms with Gasteiger partial charge in [0, 0.05) is 25.8 Å². The van der Waals surface area contributed by atoms with E-state index in [1.807, 2.05) is 19.1 Å². The number of hydrogen-bond acceptors (Lipinski definition) is 4. The maximum absolute atomic E-state index is 12.4. The van der Waals surface area contributed by atoms with Crippen molar-refractivity contribution in [2.24, 2.45) is 0 Å². The first-order valence-corrected chi connectivity index (χ1v) is 10.4. The van der Waals surface area contributed by atoms with Gasteiger partial charge in [0.1, 0.15) is 0 Å². The van der Waals surface area contributed by atoms with E-state index in [0.29, 0.717) is 25.3 Å². The third-order valence-corrected chi connectivity index (χ3v) is 4.53. The summed E-state index contributed by atoms with van der Waals surface area (Å²) in [6.45, 7) is 4.62. The minimum Gasteiger partial charge on any atom is -0.383 e. The van der Waals surface area contributed by atoms with E-state index in [0.717, 1.165) is 31.2 Å². The van der Waals surface area contributed by atoms with Crippen LogP contribution in [0.5, 0.6) is 0 Å². The molecular formula is C22H35N3O4. The van der Waals surface area contributed by atoms with Crippen LogP contribution in [0.2, 0.25) is 0 Å². The Morgan fingerprint density at radius 3 is 2.34 bits per heavy atom. The first-order valence-electron chi connectivity index (χ1n) is 10.4. The lowest BCUT2D eigenvalue weighted by Crippen LogP contribution is -2.44. The average Bonchev–Trinajstić information content (AvgIpc) is 2.71. The second-order valence-corrected chi connectivity index (χ2v) is 7.16. The average molecular weight is 406 g/mol. The number of carbonyl (C=O) groups excluding carboxylic acids is 3. The maximum Gasteiger partial charge on any atom is 0.243 e. The minimum absolute atomic E-state index is 0.0576. The van der Waals surface area contributed by atoms with Gasteiger partial charge in [-0.1, -0.05) is 50.3 Å². The number of ether oxygens (including phenoxy) is 1. The standard InChI is InChI=1S/C22H35N3O4/c1-4-5-6-7-8-9-22(28)25(14-15-29-3)17-21(27)23-16-20(26)24-19-12-10-18(2)11-13-19/h10-13H,4-9,14-17H2,1-3H3,(H,23,27)(H,24,26). The van der Waals surface area contributed by atoms with Crippen LogP contribution >= 0.6 is 0 Å². The second kappa shape index (κ2) is 14.6. The summed E-state index contributed by atoms with van der Waals surface area (Å²) in [5, 5.41) is 5.30. The number of unbranched alkanes of at least 4 members (excludes halogenated alkanes) is 4. The highest BCUT2D eigenvalue weighted by Gasteiger charge is 2.17. The Morgan fingerprint density at radius 2 is 1.69 bits per heavy atom. The van der Waals surface area contributed by atoms with Crippen molar-refractivity contribution in [2.45, 2.75) is 52.4 Å². The molecule has 0 aliphatic rings. The summed E-state index contributed by atoms with van der Waals surface area (Å²) < 4.78 is 5.04. The number of carbonyl (C=O) groups is 3. The highest BCUT2D eigenvalue weighted by Crippen LogP contribution is 2.08. The molecule has 0 spiro atoms. The van der Waals surface area contributed by atoms with Crippen LogP contribution in [0.25, 0.3) is 0 Å². The van der Waals surface area contributed by atoms with E-state index in [1.54, 1.807) is 19.2 Å². The Kier molecular flexibility index (Phi) is 12.4. The summed E-state index contributed by atoms with van der Waals surface area (Å²) in [5.41, 5.74) is 1.78. The van der Waals surface area contributed by atoms with Crippen LogP contribution in [-0.4, -0.2) is 56.0 Å². The van der Waals surface area contributed by atoms with Crippen molar-refractivity contribution in [1.29, 1.82) is 0 Å². The zero-order valence-corrected chi connectivity index (χ0v) is 18.0. The molecular weight excluding hydrogens is 370 g/mol. The van der Waals surface area contributed by atoms with Gasteiger partial charge in [0.05, 0.1) is 19.7 Å². The van der Waals surface area contributed by atoms with Crippen molar-refractivity contribution in [3.8, 4) is 0 Å². The van der Waals surface area contributed by atoms with Gasteiger partial charge in [0.25, 0.3) is 0 Å². The first-order chi connectivity index (χ1) is 14.0. The largest absolute Gasteiger partial charge is 0.383 e. The molecule has 1 aromatic carbocycles. The number of anilines is 1. The molecule has 1 aromatic rings. The highest BCUT2D eigenvalue weighted by atomic mass is 16.5. The van der Waals surface area contributed by atoms with E-state index >= 15 is 0 Å². The second-order valence-electron chi connectivity index (χ2n) is 7.16. The summed E-state index contributed by atoms with van der Waals surface area (Å²) in [7, 11) is 1.56. The number of hydrogen-bond donors (Lipinski definition) is 2. The molecule has 0 fully saturated rings. The van der Waals surface area contributed by atoms with E-state index in [1.165, 1.54) is 11.3 Å². The molecule has 0 aromatic heterocycles. The van der Waals surface area contributed by atoms with Crippen LogP contribution in [0, 0.1) is 6.92 Å². The van der Waals surface area contributed by atoms with Crippen LogP contribution in [0.4, 0.5) is 5.69 Å². The number of amides is 3. The van der Waals surface area contributed by atoms with Crippen LogP contribution < -0.4 is 10.6 Å². The Bertz CT molecular complexity index is 631. The lowest BCUT2D eigenvalue weighted by Gasteiger charge is -2.22. The normalized spacial score (nSPS) is 10.4. The molecule has 162 valence electrons. The quantitative estimate of drug-likeness (QED) is 0.466. The van der Waals surface area contributed by atoms with Gasteiger partial charge in [-0.2, -0.15) is 0 Å². The number of nitrogens with zero attached hydrogens (tertiary/aromatic N) is 1. The Hall–Kier alpha value is -2.41. The fourth-order valence-corrected chi connectivity index (χ4v) is 2.78. The molecule has 7 heteroatoms. The molecule has 0 unspecified atom stereocenters. The lowest BCUT2D eigenvalue weighted by molar-refractivity contribution is -0.136. The van der Waals surface area contributed by atoms with Gasteiger partial charge in [0.2, 0.25) is 17.7 Å². The molecule has 0 saturated carbocycles. The molecule has 3 amide bonds. The summed E-state index contributed by atoms with van der Waals surface area (Å²) in [6.07, 6.45) is 5.72. The van der Waals surface area contributed by atoms with E-state index < -0.39 is 0 Å². The van der Waals surface area contributed by atoms with E-state index in [9.17, 15) is 14.4 Å². The van der Waals surface area contributed by atoms with Crippen molar-refractivity contribution in [3.63, 3.8) is 0 Å². The van der Waals surface area contributed by atoms with Crippen molar-refractivity contribution >= 4 is 23.4 Å². The Morgan fingerprint density at radius 1 is 1.00 bits per heavy atom. The molecule has 0 aliphatic heterocycles. The smallest absolute Gasteiger partial charge is 0.243 e. The SMILES string of the molecule is CCCCCCCC(=O)N(CCOC)CC(=O)NCC(=O)Nc1ccc(C)cc1. The summed E-state index contributed by atoms with van der Waals surface area (Å²) >= 11 is 0. The highest BCUT2D eigenvalue weighted by molar-refractivity contribution is 5.95. The number of benzene rings is 1. The molecule has 29 heavy (non-hydrogen) atoms. The number of methoxy groups -OCH3 is 1. The number of nitrogens with one attached hydrogen (secondary N) is 2. The zero-order chi connectivity index (χ0) is 21.5. The molecule has 0 saturated heterocycles. The van der Waals surface area contributed by atoms with Crippen molar-refractivity contribution in [3.05, 3.63) is 29.8 Å². The topological polar surface area (TPSA) is 87.7 Å². The minimum atomic E-state index is -0.362. The molecule has 2 N–H and O–H groups in total. The van der Waals surface area contributed by atoms with Gasteiger partial charge in [-0.3, -0.25) is 14.4 Å². The molecule has 0 heterocycles. The van der Waals surface area contributed by atoms with Crippen LogP contribution in [0.15, 0.2) is 24.3 Å². The van der Waals surface area contributed by atoms with Crippen molar-refractivity contribution in [2.75, 3.05) is 38.7 Å². The van der Waals surface area contributed by atoms with Gasteiger partial charge in [0.15, 0.2) is 0 Å². The summed E-state index contributed by atoms with van der Waals surface area (Å²) in [6, 6.07) is 7.41. The van der Waals surface area contributed by atoms with E-state index in [2.05, 4.69) is 17.6 Å². The predicted octanol–water partition coefficient (Wildman–Crippen LogP) is 2.89. The van der Waals surface area contributed by atoms with Gasteiger partial charge < -0.3 is 20.3 Å². The monoisotopic (exact) mass is 405 g/mol. The van der Waals surface area contributed by atoms with Crippen LogP contribution in [0.1, 0.15) is 51.0 Å². The van der Waals surface area contributed by atoms with Crippen molar-refractivity contribution in [1.82, 2.24) is 10.2 Å². The van der Waals surface area contributed by atoms with Gasteiger partial charge >= 0.3 is 0 Å². The molecule has 0 aliphatic carbocycles. The fraction of sp³-hybridized carbons (Fsp3) is 0.591. The number of rotatable bonds is 14. The van der Waals surface area contributed by atoms with Crippen LogP contribution in [0.3, 0.4) is 0 Å². The molecule has 1 rings (SSSR count). The Labute approximate surface area is 174 Å². The van der Waals surface area contributed by atoms with E-state index in [4.69, 9.17) is 4.74 Å². The molecule has 7 nitrogen and oxygen atoms in total. The van der Waals surface area contributed by atoms with E-state index in [-0.39, 0.29) is 30.8 Å². The molecule has 0 atom stereocenters. The maximum atomic E-state index is 12.4. The van der Waals surface area contributed by atoms with Crippen LogP contribution in [-0.2, 0) is 19.1 Å². The Balaban J connectivity index is 2.40. The van der Waals surface area contributed by atoms with Gasteiger partial charge in [-0.05, 0) is 25.5 Å². The zero-order valence-electron chi connectivity index (χ0n) is 18.0. The number of aryl methyl sites for hydroxylation is 1. The van der Waals surface area contributed by atoms with Gasteiger partial charge in [-0.25, -0.2) is 0 Å². The lowest BCUT2D eigenvalue weighted by atomic mass is 10.1. The molecule has 0 radical (unpaired) electrons. The third-order valence-electron chi connectivity index (χ3n) is 4.53. The molecule has 0 bridgehead atoms. The summed E-state index contributed by atoms with van der Waals surface area (Å²) in [5.74, 6) is -0.731. The fourth-order valence-electron chi connectivity index (χ4n) is 2.78. The predicted molar refractivity (Wildman–Crippen MR) is 115 cm³/mol. The third kappa shape index (κ3) is 11.2. The summed E-state index contributed by atoms with van der Waals surface area (Å²) in [4.78, 5) is 38.1. The first kappa shape index (κ1) is 24.6. The van der Waals surface area contributed by atoms with Gasteiger partial charge in [-0.15, -0.1) is 0 Å².